The first-order valence-electron chi connectivity index (χ1n) is 3.12. The van der Waals surface area contributed by atoms with Gasteiger partial charge in [0, 0.05) is 12.6 Å². The van der Waals surface area contributed by atoms with Gasteiger partial charge in [-0.15, -0.1) is 0 Å². The Balaban J connectivity index is 3.15. The summed E-state index contributed by atoms with van der Waals surface area (Å²) < 4.78 is 0. The Bertz CT molecular complexity index is 288. The molecule has 1 aliphatic heterocycles. The zero-order valence-corrected chi connectivity index (χ0v) is 5.78. The standard InChI is InChI=1S/C8H5N3/c9-5-7-3-1-2-4-11-8(7)6-10/h1,3-4H,2H2. The smallest absolute Gasteiger partial charge is 0.157 e. The molecule has 52 valence electrons. The van der Waals surface area contributed by atoms with Gasteiger partial charge in [0.15, 0.2) is 5.70 Å². The molecule has 0 aromatic heterocycles. The predicted molar refractivity (Wildman–Crippen MR) is 40.5 cm³/mol. The summed E-state index contributed by atoms with van der Waals surface area (Å²) in [6, 6.07) is 3.75. The van der Waals surface area contributed by atoms with Gasteiger partial charge < -0.3 is 0 Å². The van der Waals surface area contributed by atoms with Crippen LogP contribution in [0.2, 0.25) is 0 Å². The van der Waals surface area contributed by atoms with Gasteiger partial charge >= 0.3 is 0 Å². The van der Waals surface area contributed by atoms with E-state index in [4.69, 9.17) is 10.5 Å². The molecule has 1 rings (SSSR count). The number of hydrogen-bond acceptors (Lipinski definition) is 3. The van der Waals surface area contributed by atoms with E-state index >= 15 is 0 Å². The minimum atomic E-state index is 0.196. The molecule has 0 saturated heterocycles. The minimum Gasteiger partial charge on any atom is -0.248 e. The van der Waals surface area contributed by atoms with E-state index in [1.54, 1.807) is 18.4 Å². The summed E-state index contributed by atoms with van der Waals surface area (Å²) in [7, 11) is 0. The first-order valence-corrected chi connectivity index (χ1v) is 3.12. The highest BCUT2D eigenvalue weighted by molar-refractivity contribution is 5.65. The zero-order chi connectivity index (χ0) is 8.10. The van der Waals surface area contributed by atoms with Crippen LogP contribution in [-0.2, 0) is 0 Å². The molecule has 0 fully saturated rings. The lowest BCUT2D eigenvalue weighted by molar-refractivity contribution is 1.35. The summed E-state index contributed by atoms with van der Waals surface area (Å²) >= 11 is 0. The molecular formula is C8H5N3. The van der Waals surface area contributed by atoms with Crippen LogP contribution in [0.1, 0.15) is 6.42 Å². The molecule has 3 nitrogen and oxygen atoms in total. The van der Waals surface area contributed by atoms with Gasteiger partial charge in [-0.3, -0.25) is 0 Å². The molecule has 0 N–H and O–H groups in total. The van der Waals surface area contributed by atoms with Crippen molar-refractivity contribution in [1.82, 2.24) is 0 Å². The van der Waals surface area contributed by atoms with Crippen molar-refractivity contribution in [2.24, 2.45) is 4.99 Å². The summed E-state index contributed by atoms with van der Waals surface area (Å²) in [5, 5.41) is 17.0. The van der Waals surface area contributed by atoms with Gasteiger partial charge in [-0.25, -0.2) is 4.99 Å². The lowest BCUT2D eigenvalue weighted by atomic mass is 10.2. The molecule has 0 saturated carbocycles. The van der Waals surface area contributed by atoms with Crippen molar-refractivity contribution in [3.8, 4) is 12.1 Å². The lowest BCUT2D eigenvalue weighted by Gasteiger charge is -1.85. The van der Waals surface area contributed by atoms with Gasteiger partial charge in [0.2, 0.25) is 0 Å². The Hall–Kier alpha value is -1.87. The predicted octanol–water partition coefficient (Wildman–Crippen LogP) is 1.32. The van der Waals surface area contributed by atoms with E-state index in [1.807, 2.05) is 12.1 Å². The highest BCUT2D eigenvalue weighted by Crippen LogP contribution is 2.08. The third-order valence-corrected chi connectivity index (χ3v) is 1.23. The van der Waals surface area contributed by atoms with Gasteiger partial charge in [0.05, 0.1) is 5.57 Å². The van der Waals surface area contributed by atoms with E-state index in [0.29, 0.717) is 12.0 Å². The van der Waals surface area contributed by atoms with Crippen molar-refractivity contribution in [2.75, 3.05) is 0 Å². The largest absolute Gasteiger partial charge is 0.248 e. The summed E-state index contributed by atoms with van der Waals surface area (Å²) in [4.78, 5) is 3.80. The molecule has 3 heteroatoms. The van der Waals surface area contributed by atoms with Crippen molar-refractivity contribution < 1.29 is 0 Å². The van der Waals surface area contributed by atoms with Gasteiger partial charge in [0.1, 0.15) is 12.1 Å². The second-order valence-electron chi connectivity index (χ2n) is 1.94. The number of aliphatic imine (C=N–C) groups is 1. The van der Waals surface area contributed by atoms with Crippen LogP contribution in [0, 0.1) is 22.7 Å². The quantitative estimate of drug-likeness (QED) is 0.513. The SMILES string of the molecule is N#CC1=C(C#N)N=CCC=C1. The molecule has 11 heavy (non-hydrogen) atoms. The molecule has 1 heterocycles. The summed E-state index contributed by atoms with van der Waals surface area (Å²) in [5.74, 6) is 0. The molecule has 0 radical (unpaired) electrons. The van der Waals surface area contributed by atoms with E-state index < -0.39 is 0 Å². The molecular weight excluding hydrogens is 138 g/mol. The van der Waals surface area contributed by atoms with E-state index in [2.05, 4.69) is 4.99 Å². The number of nitriles is 2. The highest BCUT2D eigenvalue weighted by atomic mass is 14.7. The van der Waals surface area contributed by atoms with Gasteiger partial charge in [-0.2, -0.15) is 10.5 Å². The molecule has 0 aromatic rings. The van der Waals surface area contributed by atoms with Crippen LogP contribution in [0.25, 0.3) is 0 Å². The number of nitrogens with zero attached hydrogens (tertiary/aromatic N) is 3. The Morgan fingerprint density at radius 2 is 2.18 bits per heavy atom. The van der Waals surface area contributed by atoms with E-state index in [9.17, 15) is 0 Å². The second kappa shape index (κ2) is 3.34. The van der Waals surface area contributed by atoms with E-state index in [1.165, 1.54) is 0 Å². The van der Waals surface area contributed by atoms with Crippen molar-refractivity contribution >= 4 is 6.21 Å². The van der Waals surface area contributed by atoms with Crippen LogP contribution in [0.5, 0.6) is 0 Å². The highest BCUT2D eigenvalue weighted by Gasteiger charge is 2.01. The molecule has 0 spiro atoms. The Morgan fingerprint density at radius 3 is 2.82 bits per heavy atom. The molecule has 0 aromatic carbocycles. The van der Waals surface area contributed by atoms with Gasteiger partial charge in [0.25, 0.3) is 0 Å². The van der Waals surface area contributed by atoms with Crippen molar-refractivity contribution in [1.29, 1.82) is 10.5 Å². The maximum Gasteiger partial charge on any atom is 0.157 e. The molecule has 0 atom stereocenters. The fourth-order valence-corrected chi connectivity index (χ4v) is 0.719. The minimum absolute atomic E-state index is 0.196. The number of allylic oxidation sites excluding steroid dienone is 4. The summed E-state index contributed by atoms with van der Waals surface area (Å²) in [5.41, 5.74) is 0.530. The third-order valence-electron chi connectivity index (χ3n) is 1.23. The molecule has 0 unspecified atom stereocenters. The normalized spacial score (nSPS) is 15.5. The van der Waals surface area contributed by atoms with Gasteiger partial charge in [-0.05, 0) is 6.08 Å². The molecule has 0 amide bonds. The first kappa shape index (κ1) is 7.24. The second-order valence-corrected chi connectivity index (χ2v) is 1.94. The van der Waals surface area contributed by atoms with Crippen LogP contribution in [-0.4, -0.2) is 6.21 Å². The number of hydrogen-bond donors (Lipinski definition) is 0. The Labute approximate surface area is 64.6 Å². The van der Waals surface area contributed by atoms with Crippen LogP contribution in [0.4, 0.5) is 0 Å². The van der Waals surface area contributed by atoms with Crippen LogP contribution in [0.15, 0.2) is 28.4 Å². The summed E-state index contributed by atoms with van der Waals surface area (Å²) in [6.07, 6.45) is 5.70. The maximum absolute atomic E-state index is 8.53. The van der Waals surface area contributed by atoms with Crippen molar-refractivity contribution in [3.05, 3.63) is 23.4 Å². The summed E-state index contributed by atoms with van der Waals surface area (Å²) in [6.45, 7) is 0. The zero-order valence-electron chi connectivity index (χ0n) is 5.78. The van der Waals surface area contributed by atoms with Crippen LogP contribution in [0.3, 0.4) is 0 Å². The topological polar surface area (TPSA) is 59.9 Å². The fraction of sp³-hybridized carbons (Fsp3) is 0.125. The van der Waals surface area contributed by atoms with E-state index in [0.717, 1.165) is 0 Å². The third kappa shape index (κ3) is 1.53. The van der Waals surface area contributed by atoms with E-state index in [-0.39, 0.29) is 5.70 Å². The monoisotopic (exact) mass is 143 g/mol. The molecule has 0 bridgehead atoms. The molecule has 1 aliphatic rings. The average Bonchev–Trinajstić information content (AvgIpc) is 2.27. The van der Waals surface area contributed by atoms with Crippen LogP contribution < -0.4 is 0 Å². The van der Waals surface area contributed by atoms with Crippen molar-refractivity contribution in [2.45, 2.75) is 6.42 Å². The molecule has 0 aliphatic carbocycles. The lowest BCUT2D eigenvalue weighted by Crippen LogP contribution is -1.78. The maximum atomic E-state index is 8.53. The van der Waals surface area contributed by atoms with Crippen LogP contribution >= 0.6 is 0 Å². The first-order chi connectivity index (χ1) is 5.38. The van der Waals surface area contributed by atoms with Crippen molar-refractivity contribution in [3.63, 3.8) is 0 Å². The Kier molecular flexibility index (Phi) is 2.20. The fourth-order valence-electron chi connectivity index (χ4n) is 0.719. The Morgan fingerprint density at radius 1 is 1.36 bits per heavy atom. The van der Waals surface area contributed by atoms with Gasteiger partial charge in [-0.1, -0.05) is 6.08 Å². The number of rotatable bonds is 0. The average molecular weight is 143 g/mol.